The lowest BCUT2D eigenvalue weighted by Gasteiger charge is -2.07. The third-order valence-corrected chi connectivity index (χ3v) is 3.55. The maximum atomic E-state index is 4.57. The van der Waals surface area contributed by atoms with Gasteiger partial charge in [0.05, 0.1) is 15.3 Å². The first kappa shape index (κ1) is 13.3. The van der Waals surface area contributed by atoms with Gasteiger partial charge >= 0.3 is 0 Å². The van der Waals surface area contributed by atoms with E-state index in [9.17, 15) is 0 Å². The first-order valence-electron chi connectivity index (χ1n) is 5.89. The minimum Gasteiger partial charge on any atom is -0.369 e. The van der Waals surface area contributed by atoms with Crippen LogP contribution in [0.3, 0.4) is 0 Å². The van der Waals surface area contributed by atoms with Crippen molar-refractivity contribution in [3.8, 4) is 11.4 Å². The van der Waals surface area contributed by atoms with Gasteiger partial charge in [0.15, 0.2) is 5.82 Å². The van der Waals surface area contributed by atoms with Gasteiger partial charge in [0, 0.05) is 25.5 Å². The van der Waals surface area contributed by atoms with Gasteiger partial charge in [0.1, 0.15) is 5.82 Å². The van der Waals surface area contributed by atoms with Crippen LogP contribution < -0.4 is 5.32 Å². The lowest BCUT2D eigenvalue weighted by atomic mass is 10.2. The van der Waals surface area contributed by atoms with E-state index in [1.165, 1.54) is 0 Å². The number of rotatable bonds is 4. The molecule has 0 saturated heterocycles. The molecular formula is C12H16IN5. The highest BCUT2D eigenvalue weighted by molar-refractivity contribution is 14.1. The second-order valence-corrected chi connectivity index (χ2v) is 5.25. The molecule has 0 spiro atoms. The molecule has 0 bridgehead atoms. The standard InChI is InChI=1S/C12H16IN5/c1-4-5-14-12-10(13)7-15-11(17-12)9-6-16-18(3)8(9)2/h6-7H,4-5H2,1-3H3,(H,14,15,17). The predicted molar refractivity (Wildman–Crippen MR) is 80.5 cm³/mol. The molecule has 5 nitrogen and oxygen atoms in total. The lowest BCUT2D eigenvalue weighted by molar-refractivity contribution is 0.740. The van der Waals surface area contributed by atoms with E-state index in [1.54, 1.807) is 6.20 Å². The summed E-state index contributed by atoms with van der Waals surface area (Å²) in [5, 5.41) is 7.53. The highest BCUT2D eigenvalue weighted by Gasteiger charge is 2.11. The van der Waals surface area contributed by atoms with Crippen molar-refractivity contribution in [1.82, 2.24) is 19.7 Å². The Balaban J connectivity index is 2.37. The van der Waals surface area contributed by atoms with Crippen LogP contribution in [0.4, 0.5) is 5.82 Å². The Kier molecular flexibility index (Phi) is 4.15. The van der Waals surface area contributed by atoms with Crippen molar-refractivity contribution in [3.05, 3.63) is 21.7 Å². The SMILES string of the molecule is CCCNc1nc(-c2cnn(C)c2C)ncc1I. The third-order valence-electron chi connectivity index (χ3n) is 2.76. The van der Waals surface area contributed by atoms with Crippen LogP contribution in [-0.4, -0.2) is 26.3 Å². The van der Waals surface area contributed by atoms with Crippen LogP contribution >= 0.6 is 22.6 Å². The van der Waals surface area contributed by atoms with Crippen molar-refractivity contribution in [1.29, 1.82) is 0 Å². The molecule has 0 aliphatic carbocycles. The average Bonchev–Trinajstić information content (AvgIpc) is 2.69. The second-order valence-electron chi connectivity index (χ2n) is 4.08. The summed E-state index contributed by atoms with van der Waals surface area (Å²) in [5.41, 5.74) is 2.05. The first-order valence-corrected chi connectivity index (χ1v) is 6.96. The fourth-order valence-corrected chi connectivity index (χ4v) is 2.03. The number of hydrogen-bond donors (Lipinski definition) is 1. The number of aromatic nitrogens is 4. The van der Waals surface area contributed by atoms with Gasteiger partial charge in [0.25, 0.3) is 0 Å². The lowest BCUT2D eigenvalue weighted by Crippen LogP contribution is -2.05. The summed E-state index contributed by atoms with van der Waals surface area (Å²) >= 11 is 2.24. The Morgan fingerprint density at radius 1 is 1.39 bits per heavy atom. The Bertz CT molecular complexity index is 549. The molecule has 1 N–H and O–H groups in total. The van der Waals surface area contributed by atoms with Crippen molar-refractivity contribution in [2.75, 3.05) is 11.9 Å². The van der Waals surface area contributed by atoms with Crippen molar-refractivity contribution in [2.24, 2.45) is 7.05 Å². The van der Waals surface area contributed by atoms with E-state index in [1.807, 2.05) is 24.9 Å². The summed E-state index contributed by atoms with van der Waals surface area (Å²) < 4.78 is 2.86. The second kappa shape index (κ2) is 5.64. The zero-order valence-corrected chi connectivity index (χ0v) is 12.9. The minimum atomic E-state index is 0.722. The van der Waals surface area contributed by atoms with E-state index in [4.69, 9.17) is 0 Å². The van der Waals surface area contributed by atoms with Gasteiger partial charge in [-0.25, -0.2) is 9.97 Å². The van der Waals surface area contributed by atoms with Crippen LogP contribution in [0.2, 0.25) is 0 Å². The van der Waals surface area contributed by atoms with Crippen LogP contribution in [0.25, 0.3) is 11.4 Å². The molecule has 2 heterocycles. The number of halogens is 1. The molecule has 0 atom stereocenters. The number of hydrogen-bond acceptors (Lipinski definition) is 4. The molecule has 0 unspecified atom stereocenters. The number of nitrogens with one attached hydrogen (secondary N) is 1. The van der Waals surface area contributed by atoms with E-state index in [-0.39, 0.29) is 0 Å². The first-order chi connectivity index (χ1) is 8.63. The van der Waals surface area contributed by atoms with Crippen molar-refractivity contribution in [3.63, 3.8) is 0 Å². The minimum absolute atomic E-state index is 0.722. The van der Waals surface area contributed by atoms with Crippen LogP contribution in [0.5, 0.6) is 0 Å². The van der Waals surface area contributed by atoms with Crippen LogP contribution in [0.1, 0.15) is 19.0 Å². The fraction of sp³-hybridized carbons (Fsp3) is 0.417. The van der Waals surface area contributed by atoms with Gasteiger partial charge in [-0.3, -0.25) is 4.68 Å². The normalized spacial score (nSPS) is 10.7. The Hall–Kier alpha value is -1.18. The molecular weight excluding hydrogens is 341 g/mol. The summed E-state index contributed by atoms with van der Waals surface area (Å²) in [4.78, 5) is 8.95. The molecule has 2 aromatic rings. The number of aryl methyl sites for hydroxylation is 1. The summed E-state index contributed by atoms with van der Waals surface area (Å²) in [5.74, 6) is 1.62. The summed E-state index contributed by atoms with van der Waals surface area (Å²) in [6, 6.07) is 0. The Labute approximate surface area is 120 Å². The van der Waals surface area contributed by atoms with Crippen molar-refractivity contribution in [2.45, 2.75) is 20.3 Å². The van der Waals surface area contributed by atoms with Crippen LogP contribution in [-0.2, 0) is 7.05 Å². The zero-order chi connectivity index (χ0) is 13.1. The number of anilines is 1. The van der Waals surface area contributed by atoms with Crippen LogP contribution in [0.15, 0.2) is 12.4 Å². The molecule has 0 aromatic carbocycles. The van der Waals surface area contributed by atoms with E-state index in [0.717, 1.165) is 39.4 Å². The molecule has 2 aromatic heterocycles. The molecule has 18 heavy (non-hydrogen) atoms. The molecule has 0 radical (unpaired) electrons. The summed E-state index contributed by atoms with van der Waals surface area (Å²) in [6.07, 6.45) is 4.72. The molecule has 6 heteroatoms. The Morgan fingerprint density at radius 2 is 2.17 bits per heavy atom. The molecule has 0 amide bonds. The fourth-order valence-electron chi connectivity index (χ4n) is 1.58. The monoisotopic (exact) mass is 357 g/mol. The van der Waals surface area contributed by atoms with E-state index in [0.29, 0.717) is 0 Å². The molecule has 0 aliphatic rings. The molecule has 96 valence electrons. The van der Waals surface area contributed by atoms with Crippen molar-refractivity contribution < 1.29 is 0 Å². The van der Waals surface area contributed by atoms with Crippen LogP contribution in [0, 0.1) is 10.5 Å². The quantitative estimate of drug-likeness (QED) is 0.855. The highest BCUT2D eigenvalue weighted by atomic mass is 127. The summed E-state index contributed by atoms with van der Waals surface area (Å²) in [6.45, 7) is 5.06. The van der Waals surface area contributed by atoms with Gasteiger partial charge in [-0.2, -0.15) is 5.10 Å². The van der Waals surface area contributed by atoms with Gasteiger partial charge in [0.2, 0.25) is 0 Å². The number of nitrogens with zero attached hydrogens (tertiary/aromatic N) is 4. The largest absolute Gasteiger partial charge is 0.369 e. The summed E-state index contributed by atoms with van der Waals surface area (Å²) in [7, 11) is 1.92. The van der Waals surface area contributed by atoms with Gasteiger partial charge in [-0.15, -0.1) is 0 Å². The molecule has 0 fully saturated rings. The molecule has 2 rings (SSSR count). The van der Waals surface area contributed by atoms with E-state index in [2.05, 4.69) is 49.9 Å². The van der Waals surface area contributed by atoms with Gasteiger partial charge < -0.3 is 5.32 Å². The van der Waals surface area contributed by atoms with Crippen molar-refractivity contribution >= 4 is 28.4 Å². The maximum absolute atomic E-state index is 4.57. The maximum Gasteiger partial charge on any atom is 0.165 e. The Morgan fingerprint density at radius 3 is 2.78 bits per heavy atom. The predicted octanol–water partition coefficient (Wildman–Crippen LogP) is 2.61. The zero-order valence-electron chi connectivity index (χ0n) is 10.7. The average molecular weight is 357 g/mol. The van der Waals surface area contributed by atoms with Gasteiger partial charge in [-0.05, 0) is 35.9 Å². The highest BCUT2D eigenvalue weighted by Crippen LogP contribution is 2.22. The van der Waals surface area contributed by atoms with E-state index < -0.39 is 0 Å². The molecule has 0 saturated carbocycles. The smallest absolute Gasteiger partial charge is 0.165 e. The van der Waals surface area contributed by atoms with E-state index >= 15 is 0 Å². The topological polar surface area (TPSA) is 55.6 Å². The van der Waals surface area contributed by atoms with Gasteiger partial charge in [-0.1, -0.05) is 6.92 Å². The third kappa shape index (κ3) is 2.63. The molecule has 0 aliphatic heterocycles.